The third-order valence-corrected chi connectivity index (χ3v) is 5.94. The Labute approximate surface area is 145 Å². The maximum atomic E-state index is 12.2. The molecule has 1 amide bonds. The summed E-state index contributed by atoms with van der Waals surface area (Å²) >= 11 is 1.66. The van der Waals surface area contributed by atoms with E-state index in [-0.39, 0.29) is 36.2 Å². The van der Waals surface area contributed by atoms with E-state index in [2.05, 4.69) is 5.32 Å². The topological polar surface area (TPSA) is 72.5 Å². The van der Waals surface area contributed by atoms with E-state index in [9.17, 15) is 14.4 Å². The van der Waals surface area contributed by atoms with E-state index in [1.165, 1.54) is 4.88 Å². The minimum Gasteiger partial charge on any atom is -0.455 e. The Morgan fingerprint density at radius 1 is 1.25 bits per heavy atom. The van der Waals surface area contributed by atoms with Gasteiger partial charge in [-0.15, -0.1) is 11.3 Å². The Morgan fingerprint density at radius 2 is 2.00 bits per heavy atom. The zero-order chi connectivity index (χ0) is 16.9. The molecule has 2 saturated carbocycles. The second-order valence-electron chi connectivity index (χ2n) is 6.68. The lowest BCUT2D eigenvalue weighted by Gasteiger charge is -2.36. The molecule has 2 aliphatic carbocycles. The molecule has 0 aromatic carbocycles. The SMILES string of the molecule is O=C(COC(=O)C1C[C@H]2CCC[C@H](C1)C2=O)NCCc1cccs1. The van der Waals surface area contributed by atoms with Gasteiger partial charge in [-0.1, -0.05) is 12.5 Å². The first-order valence-electron chi connectivity index (χ1n) is 8.63. The third-order valence-electron chi connectivity index (χ3n) is 5.00. The van der Waals surface area contributed by atoms with Gasteiger partial charge in [0.05, 0.1) is 5.92 Å². The first-order chi connectivity index (χ1) is 11.6. The molecule has 5 nitrogen and oxygen atoms in total. The summed E-state index contributed by atoms with van der Waals surface area (Å²) in [6, 6.07) is 4.01. The summed E-state index contributed by atoms with van der Waals surface area (Å²) in [4.78, 5) is 37.2. The van der Waals surface area contributed by atoms with Crippen LogP contribution < -0.4 is 5.32 Å². The van der Waals surface area contributed by atoms with E-state index < -0.39 is 0 Å². The molecule has 1 N–H and O–H groups in total. The molecular weight excluding hydrogens is 326 g/mol. The van der Waals surface area contributed by atoms with Gasteiger partial charge >= 0.3 is 5.97 Å². The maximum absolute atomic E-state index is 12.2. The highest BCUT2D eigenvalue weighted by Crippen LogP contribution is 2.40. The molecule has 2 bridgehead atoms. The van der Waals surface area contributed by atoms with Gasteiger partial charge in [-0.3, -0.25) is 14.4 Å². The lowest BCUT2D eigenvalue weighted by molar-refractivity contribution is -0.156. The highest BCUT2D eigenvalue weighted by Gasteiger charge is 2.41. The highest BCUT2D eigenvalue weighted by atomic mass is 32.1. The molecule has 0 spiro atoms. The quantitative estimate of drug-likeness (QED) is 0.800. The Hall–Kier alpha value is -1.69. The van der Waals surface area contributed by atoms with Crippen LogP contribution in [0, 0.1) is 17.8 Å². The van der Waals surface area contributed by atoms with Crippen molar-refractivity contribution in [2.75, 3.05) is 13.2 Å². The molecular formula is C18H23NO4S. The standard InChI is InChI=1S/C18H23NO4S/c20-16(19-7-6-15-5-2-8-24-15)11-23-18(22)14-9-12-3-1-4-13(10-14)17(12)21/h2,5,8,12-14H,1,3-4,6-7,9-11H2,(H,19,20)/t12-,13-/m1/s1. The number of rotatable bonds is 6. The molecule has 1 heterocycles. The molecule has 2 aliphatic rings. The zero-order valence-corrected chi connectivity index (χ0v) is 14.5. The summed E-state index contributed by atoms with van der Waals surface area (Å²) in [6.45, 7) is 0.308. The van der Waals surface area contributed by atoms with E-state index in [1.807, 2.05) is 17.5 Å². The summed E-state index contributed by atoms with van der Waals surface area (Å²) < 4.78 is 5.17. The minimum absolute atomic E-state index is 0.0228. The maximum Gasteiger partial charge on any atom is 0.309 e. The lowest BCUT2D eigenvalue weighted by Crippen LogP contribution is -2.40. The number of carbonyl (C=O) groups excluding carboxylic acids is 3. The van der Waals surface area contributed by atoms with E-state index in [4.69, 9.17) is 4.74 Å². The van der Waals surface area contributed by atoms with Crippen LogP contribution in [0.2, 0.25) is 0 Å². The second-order valence-corrected chi connectivity index (χ2v) is 7.71. The monoisotopic (exact) mass is 349 g/mol. The average molecular weight is 349 g/mol. The number of hydrogen-bond donors (Lipinski definition) is 1. The molecule has 2 fully saturated rings. The molecule has 1 aromatic heterocycles. The summed E-state index contributed by atoms with van der Waals surface area (Å²) in [5.74, 6) is -0.447. The Kier molecular flexibility index (Phi) is 5.66. The van der Waals surface area contributed by atoms with Crippen molar-refractivity contribution in [1.29, 1.82) is 0 Å². The fraction of sp³-hybridized carbons (Fsp3) is 0.611. The van der Waals surface area contributed by atoms with E-state index in [1.54, 1.807) is 11.3 Å². The first-order valence-corrected chi connectivity index (χ1v) is 9.51. The molecule has 24 heavy (non-hydrogen) atoms. The van der Waals surface area contributed by atoms with Crippen LogP contribution >= 0.6 is 11.3 Å². The molecule has 0 aliphatic heterocycles. The Morgan fingerprint density at radius 3 is 2.67 bits per heavy atom. The van der Waals surface area contributed by atoms with Crippen molar-refractivity contribution < 1.29 is 19.1 Å². The van der Waals surface area contributed by atoms with Crippen molar-refractivity contribution in [2.45, 2.75) is 38.5 Å². The number of fused-ring (bicyclic) bond motifs is 2. The zero-order valence-electron chi connectivity index (χ0n) is 13.7. The number of hydrogen-bond acceptors (Lipinski definition) is 5. The van der Waals surface area contributed by atoms with Crippen molar-refractivity contribution in [2.24, 2.45) is 17.8 Å². The number of nitrogens with one attached hydrogen (secondary N) is 1. The second kappa shape index (κ2) is 7.92. The number of ether oxygens (including phenoxy) is 1. The number of amides is 1. The largest absolute Gasteiger partial charge is 0.455 e. The number of ketones is 1. The minimum atomic E-state index is -0.326. The van der Waals surface area contributed by atoms with Gasteiger partial charge in [-0.05, 0) is 43.6 Å². The average Bonchev–Trinajstić information content (AvgIpc) is 3.05. The molecule has 2 atom stereocenters. The van der Waals surface area contributed by atoms with Gasteiger partial charge in [0, 0.05) is 23.3 Å². The Balaban J connectivity index is 1.37. The summed E-state index contributed by atoms with van der Waals surface area (Å²) in [7, 11) is 0. The molecule has 3 rings (SSSR count). The molecule has 1 aromatic rings. The fourth-order valence-corrected chi connectivity index (χ4v) is 4.47. The summed E-state index contributed by atoms with van der Waals surface area (Å²) in [5, 5.41) is 4.77. The molecule has 0 radical (unpaired) electrons. The van der Waals surface area contributed by atoms with Crippen LogP contribution in [-0.2, 0) is 25.5 Å². The van der Waals surface area contributed by atoms with Crippen LogP contribution in [0.15, 0.2) is 17.5 Å². The van der Waals surface area contributed by atoms with Gasteiger partial charge in [0.25, 0.3) is 5.91 Å². The fourth-order valence-electron chi connectivity index (χ4n) is 3.76. The van der Waals surface area contributed by atoms with Crippen LogP contribution in [0.3, 0.4) is 0 Å². The molecule has 6 heteroatoms. The van der Waals surface area contributed by atoms with E-state index in [0.717, 1.165) is 25.7 Å². The smallest absolute Gasteiger partial charge is 0.309 e. The van der Waals surface area contributed by atoms with Crippen molar-refractivity contribution in [3.8, 4) is 0 Å². The van der Waals surface area contributed by atoms with Crippen LogP contribution in [0.5, 0.6) is 0 Å². The number of thiophene rings is 1. The first kappa shape index (κ1) is 17.1. The van der Waals surface area contributed by atoms with E-state index >= 15 is 0 Å². The van der Waals surface area contributed by atoms with Gasteiger partial charge in [-0.2, -0.15) is 0 Å². The molecule has 0 saturated heterocycles. The number of Topliss-reactive ketones (excluding diaryl/α,β-unsaturated/α-hetero) is 1. The predicted octanol–water partition coefficient (Wildman–Crippen LogP) is 2.35. The van der Waals surface area contributed by atoms with Gasteiger partial charge in [0.15, 0.2) is 6.61 Å². The van der Waals surface area contributed by atoms with E-state index in [0.29, 0.717) is 25.2 Å². The Bertz CT molecular complexity index is 582. The van der Waals surface area contributed by atoms with Crippen LogP contribution in [-0.4, -0.2) is 30.8 Å². The van der Waals surface area contributed by atoms with Gasteiger partial charge < -0.3 is 10.1 Å². The molecule has 130 valence electrons. The lowest BCUT2D eigenvalue weighted by atomic mass is 9.67. The number of esters is 1. The van der Waals surface area contributed by atoms with Crippen molar-refractivity contribution in [3.05, 3.63) is 22.4 Å². The number of carbonyl (C=O) groups is 3. The van der Waals surface area contributed by atoms with Crippen molar-refractivity contribution in [1.82, 2.24) is 5.32 Å². The predicted molar refractivity (Wildman–Crippen MR) is 90.6 cm³/mol. The van der Waals surface area contributed by atoms with Gasteiger partial charge in [0.2, 0.25) is 0 Å². The van der Waals surface area contributed by atoms with Crippen molar-refractivity contribution >= 4 is 29.0 Å². The van der Waals surface area contributed by atoms with Crippen LogP contribution in [0.4, 0.5) is 0 Å². The van der Waals surface area contributed by atoms with Crippen LogP contribution in [0.1, 0.15) is 37.0 Å². The summed E-state index contributed by atoms with van der Waals surface area (Å²) in [6.07, 6.45) is 4.83. The third kappa shape index (κ3) is 4.23. The van der Waals surface area contributed by atoms with Crippen molar-refractivity contribution in [3.63, 3.8) is 0 Å². The highest BCUT2D eigenvalue weighted by molar-refractivity contribution is 7.09. The van der Waals surface area contributed by atoms with Gasteiger partial charge in [0.1, 0.15) is 5.78 Å². The summed E-state index contributed by atoms with van der Waals surface area (Å²) in [5.41, 5.74) is 0. The van der Waals surface area contributed by atoms with Crippen LogP contribution in [0.25, 0.3) is 0 Å². The normalized spacial score (nSPS) is 26.0. The molecule has 0 unspecified atom stereocenters. The van der Waals surface area contributed by atoms with Gasteiger partial charge in [-0.25, -0.2) is 0 Å².